The lowest BCUT2D eigenvalue weighted by Crippen LogP contribution is -2.48. The summed E-state index contributed by atoms with van der Waals surface area (Å²) in [7, 11) is 0. The third-order valence-corrected chi connectivity index (χ3v) is 5.25. The number of anilines is 1. The summed E-state index contributed by atoms with van der Waals surface area (Å²) in [5.74, 6) is -0.0675. The van der Waals surface area contributed by atoms with Crippen LogP contribution in [-0.2, 0) is 9.59 Å². The third-order valence-electron chi connectivity index (χ3n) is 4.99. The molecule has 2 amide bonds. The molecule has 0 atom stereocenters. The van der Waals surface area contributed by atoms with Crippen molar-refractivity contribution < 1.29 is 14.8 Å². The van der Waals surface area contributed by atoms with E-state index in [1.807, 2.05) is 29.2 Å². The summed E-state index contributed by atoms with van der Waals surface area (Å²) in [5.41, 5.74) is 2.80. The number of carbonyl (C=O) groups excluding carboxylic acids is 2. The van der Waals surface area contributed by atoms with E-state index in [1.165, 1.54) is 0 Å². The van der Waals surface area contributed by atoms with Crippen molar-refractivity contribution in [1.82, 2.24) is 10.4 Å². The monoisotopic (exact) mass is 395 g/mol. The van der Waals surface area contributed by atoms with E-state index >= 15 is 0 Å². The fourth-order valence-electron chi connectivity index (χ4n) is 3.35. The Kier molecular flexibility index (Phi) is 9.42. The molecule has 0 bridgehead atoms. The van der Waals surface area contributed by atoms with Crippen molar-refractivity contribution in [3.05, 3.63) is 29.3 Å². The maximum Gasteiger partial charge on any atom is 0.243 e. The highest BCUT2D eigenvalue weighted by atomic mass is 35.5. The van der Waals surface area contributed by atoms with Gasteiger partial charge in [0.15, 0.2) is 0 Å². The number of benzene rings is 1. The number of nitrogens with zero attached hydrogens (tertiary/aromatic N) is 2. The third kappa shape index (κ3) is 7.77. The number of hydrogen-bond donors (Lipinski definition) is 2. The normalized spacial score (nSPS) is 14.3. The Labute approximate surface area is 166 Å². The second-order valence-corrected chi connectivity index (χ2v) is 7.44. The number of hydroxylamine groups is 1. The van der Waals surface area contributed by atoms with Crippen LogP contribution in [0.5, 0.6) is 0 Å². The minimum Gasteiger partial charge on any atom is -0.368 e. The van der Waals surface area contributed by atoms with Crippen LogP contribution >= 0.6 is 11.6 Å². The van der Waals surface area contributed by atoms with Crippen LogP contribution in [0.3, 0.4) is 0 Å². The van der Waals surface area contributed by atoms with Gasteiger partial charge in [-0.05, 0) is 37.1 Å². The van der Waals surface area contributed by atoms with Gasteiger partial charge >= 0.3 is 0 Å². The fraction of sp³-hybridized carbons (Fsp3) is 0.600. The molecule has 1 fully saturated rings. The molecule has 150 valence electrons. The Morgan fingerprint density at radius 1 is 0.889 bits per heavy atom. The van der Waals surface area contributed by atoms with Gasteiger partial charge in [-0.15, -0.1) is 0 Å². The van der Waals surface area contributed by atoms with Crippen LogP contribution in [0.15, 0.2) is 24.3 Å². The largest absolute Gasteiger partial charge is 0.368 e. The van der Waals surface area contributed by atoms with E-state index in [0.29, 0.717) is 12.8 Å². The van der Waals surface area contributed by atoms with E-state index in [9.17, 15) is 9.59 Å². The maximum absolute atomic E-state index is 12.4. The first-order valence-corrected chi connectivity index (χ1v) is 10.2. The number of halogens is 1. The number of nitrogens with one attached hydrogen (secondary N) is 1. The van der Waals surface area contributed by atoms with Gasteiger partial charge in [-0.2, -0.15) is 0 Å². The fourth-order valence-corrected chi connectivity index (χ4v) is 3.47. The molecule has 0 radical (unpaired) electrons. The van der Waals surface area contributed by atoms with E-state index in [-0.39, 0.29) is 11.8 Å². The van der Waals surface area contributed by atoms with Crippen molar-refractivity contribution in [3.63, 3.8) is 0 Å². The summed E-state index contributed by atoms with van der Waals surface area (Å²) in [6.45, 7) is 3.26. The molecule has 1 heterocycles. The first-order chi connectivity index (χ1) is 13.1. The maximum atomic E-state index is 12.4. The summed E-state index contributed by atoms with van der Waals surface area (Å²) < 4.78 is 0. The molecule has 2 rings (SSSR count). The van der Waals surface area contributed by atoms with Crippen LogP contribution < -0.4 is 10.4 Å². The summed E-state index contributed by atoms with van der Waals surface area (Å²) in [6.07, 6.45) is 6.88. The predicted molar refractivity (Wildman–Crippen MR) is 107 cm³/mol. The second-order valence-electron chi connectivity index (χ2n) is 7.00. The van der Waals surface area contributed by atoms with E-state index in [1.54, 1.807) is 5.48 Å². The van der Waals surface area contributed by atoms with E-state index < -0.39 is 0 Å². The molecule has 0 unspecified atom stereocenters. The Hall–Kier alpha value is -1.79. The van der Waals surface area contributed by atoms with Gasteiger partial charge in [-0.3, -0.25) is 14.8 Å². The number of carbonyl (C=O) groups is 2. The summed E-state index contributed by atoms with van der Waals surface area (Å²) in [4.78, 5) is 27.5. The van der Waals surface area contributed by atoms with Crippen LogP contribution in [0, 0.1) is 0 Å². The van der Waals surface area contributed by atoms with Crippen molar-refractivity contribution in [1.29, 1.82) is 0 Å². The van der Waals surface area contributed by atoms with Crippen LogP contribution in [0.4, 0.5) is 5.69 Å². The minimum atomic E-state index is -0.322. The van der Waals surface area contributed by atoms with Gasteiger partial charge in [0, 0.05) is 49.7 Å². The van der Waals surface area contributed by atoms with Crippen LogP contribution in [0.2, 0.25) is 5.02 Å². The summed E-state index contributed by atoms with van der Waals surface area (Å²) in [6, 6.07) is 7.84. The highest BCUT2D eigenvalue weighted by Gasteiger charge is 2.20. The lowest BCUT2D eigenvalue weighted by molar-refractivity contribution is -0.131. The topological polar surface area (TPSA) is 72.9 Å². The van der Waals surface area contributed by atoms with Crippen molar-refractivity contribution in [2.24, 2.45) is 0 Å². The molecular weight excluding hydrogens is 366 g/mol. The molecule has 27 heavy (non-hydrogen) atoms. The molecule has 6 nitrogen and oxygen atoms in total. The molecular formula is C20H30ClN3O3. The van der Waals surface area contributed by atoms with Gasteiger partial charge < -0.3 is 9.80 Å². The molecule has 7 heteroatoms. The lowest BCUT2D eigenvalue weighted by atomic mass is 10.1. The van der Waals surface area contributed by atoms with E-state index in [2.05, 4.69) is 4.90 Å². The van der Waals surface area contributed by atoms with Gasteiger partial charge in [-0.1, -0.05) is 37.3 Å². The van der Waals surface area contributed by atoms with Crippen molar-refractivity contribution in [3.8, 4) is 0 Å². The Morgan fingerprint density at radius 2 is 1.44 bits per heavy atom. The zero-order valence-corrected chi connectivity index (χ0v) is 16.6. The zero-order chi connectivity index (χ0) is 19.5. The average Bonchev–Trinajstić information content (AvgIpc) is 2.70. The molecule has 1 saturated heterocycles. The van der Waals surface area contributed by atoms with E-state index in [0.717, 1.165) is 75.4 Å². The molecule has 0 aliphatic carbocycles. The van der Waals surface area contributed by atoms with Crippen molar-refractivity contribution in [2.75, 3.05) is 31.1 Å². The van der Waals surface area contributed by atoms with Gasteiger partial charge in [0.2, 0.25) is 11.8 Å². The summed E-state index contributed by atoms with van der Waals surface area (Å²) in [5, 5.41) is 9.15. The van der Waals surface area contributed by atoms with Gasteiger partial charge in [-0.25, -0.2) is 5.48 Å². The SMILES string of the molecule is O=C(CCCCCCCCC(=O)N1CCN(c2ccc(Cl)cc2)CC1)NO. The smallest absolute Gasteiger partial charge is 0.243 e. The minimum absolute atomic E-state index is 0.255. The van der Waals surface area contributed by atoms with Gasteiger partial charge in [0.1, 0.15) is 0 Å². The van der Waals surface area contributed by atoms with Crippen LogP contribution in [-0.4, -0.2) is 48.1 Å². The molecule has 1 aromatic rings. The Bertz CT molecular complexity index is 587. The Morgan fingerprint density at radius 3 is 2.04 bits per heavy atom. The van der Waals surface area contributed by atoms with Gasteiger partial charge in [0.25, 0.3) is 0 Å². The molecule has 0 spiro atoms. The van der Waals surface area contributed by atoms with E-state index in [4.69, 9.17) is 16.8 Å². The molecule has 1 aliphatic heterocycles. The molecule has 0 saturated carbocycles. The predicted octanol–water partition coefficient (Wildman–Crippen LogP) is 3.61. The standard InChI is InChI=1S/C20H30ClN3O3/c21-17-9-11-18(12-10-17)23-13-15-24(16-14-23)20(26)8-6-4-2-1-3-5-7-19(25)22-27/h9-12,27H,1-8,13-16H2,(H,22,25). The molecule has 1 aromatic carbocycles. The highest BCUT2D eigenvalue weighted by Crippen LogP contribution is 2.20. The number of piperazine rings is 1. The Balaban J connectivity index is 1.53. The second kappa shape index (κ2) is 11.8. The quantitative estimate of drug-likeness (QED) is 0.360. The average molecular weight is 396 g/mol. The first-order valence-electron chi connectivity index (χ1n) is 9.81. The van der Waals surface area contributed by atoms with Crippen molar-refractivity contribution >= 4 is 29.1 Å². The number of hydrogen-bond acceptors (Lipinski definition) is 4. The zero-order valence-electron chi connectivity index (χ0n) is 15.8. The highest BCUT2D eigenvalue weighted by molar-refractivity contribution is 6.30. The molecule has 1 aliphatic rings. The molecule has 0 aromatic heterocycles. The van der Waals surface area contributed by atoms with Gasteiger partial charge in [0.05, 0.1) is 0 Å². The summed E-state index contributed by atoms with van der Waals surface area (Å²) >= 11 is 5.93. The van der Waals surface area contributed by atoms with Crippen LogP contribution in [0.1, 0.15) is 51.4 Å². The van der Waals surface area contributed by atoms with Crippen molar-refractivity contribution in [2.45, 2.75) is 51.4 Å². The number of rotatable bonds is 10. The lowest BCUT2D eigenvalue weighted by Gasteiger charge is -2.36. The number of amides is 2. The van der Waals surface area contributed by atoms with Crippen LogP contribution in [0.25, 0.3) is 0 Å². The molecule has 2 N–H and O–H groups in total. The first kappa shape index (κ1) is 21.5. The number of unbranched alkanes of at least 4 members (excludes halogenated alkanes) is 5.